The van der Waals surface area contributed by atoms with Crippen LogP contribution in [0.3, 0.4) is 0 Å². The van der Waals surface area contributed by atoms with E-state index in [0.717, 1.165) is 19.0 Å². The standard InChI is InChI=1S/C14H28N2O/c1-5-16-14(3,4)13(17)15-10-12-9-7-6-8-11(12)2/h11-12,16H,5-10H2,1-4H3,(H,15,17). The lowest BCUT2D eigenvalue weighted by Gasteiger charge is -2.31. The maximum absolute atomic E-state index is 12.0. The van der Waals surface area contributed by atoms with Crippen LogP contribution < -0.4 is 10.6 Å². The lowest BCUT2D eigenvalue weighted by molar-refractivity contribution is -0.126. The summed E-state index contributed by atoms with van der Waals surface area (Å²) in [5, 5.41) is 6.31. The fourth-order valence-corrected chi connectivity index (χ4v) is 2.66. The highest BCUT2D eigenvalue weighted by molar-refractivity contribution is 5.85. The third kappa shape index (κ3) is 4.30. The molecule has 0 aliphatic heterocycles. The molecule has 0 aromatic rings. The molecule has 0 spiro atoms. The number of carbonyl (C=O) groups is 1. The van der Waals surface area contributed by atoms with Gasteiger partial charge in [0, 0.05) is 6.54 Å². The third-order valence-electron chi connectivity index (χ3n) is 4.00. The molecule has 1 rings (SSSR count). The predicted octanol–water partition coefficient (Wildman–Crippen LogP) is 2.32. The van der Waals surface area contributed by atoms with Crippen LogP contribution in [0.1, 0.15) is 53.4 Å². The Bertz CT molecular complexity index is 251. The number of hydrogen-bond donors (Lipinski definition) is 2. The maximum atomic E-state index is 12.0. The Balaban J connectivity index is 2.36. The summed E-state index contributed by atoms with van der Waals surface area (Å²) < 4.78 is 0. The zero-order valence-corrected chi connectivity index (χ0v) is 11.8. The first-order valence-electron chi connectivity index (χ1n) is 7.00. The van der Waals surface area contributed by atoms with Crippen molar-refractivity contribution < 1.29 is 4.79 Å². The van der Waals surface area contributed by atoms with E-state index >= 15 is 0 Å². The van der Waals surface area contributed by atoms with Crippen molar-refractivity contribution >= 4 is 5.91 Å². The average molecular weight is 240 g/mol. The molecule has 1 fully saturated rings. The average Bonchev–Trinajstić information content (AvgIpc) is 2.27. The molecule has 100 valence electrons. The number of nitrogens with one attached hydrogen (secondary N) is 2. The minimum Gasteiger partial charge on any atom is -0.354 e. The van der Waals surface area contributed by atoms with Crippen molar-refractivity contribution in [2.45, 2.75) is 58.9 Å². The van der Waals surface area contributed by atoms with Gasteiger partial charge in [0.2, 0.25) is 5.91 Å². The molecule has 1 aliphatic rings. The van der Waals surface area contributed by atoms with Crippen molar-refractivity contribution in [1.29, 1.82) is 0 Å². The molecular weight excluding hydrogens is 212 g/mol. The molecule has 1 aliphatic carbocycles. The van der Waals surface area contributed by atoms with Gasteiger partial charge in [0.05, 0.1) is 5.54 Å². The van der Waals surface area contributed by atoms with Gasteiger partial charge in [-0.2, -0.15) is 0 Å². The topological polar surface area (TPSA) is 41.1 Å². The Morgan fingerprint density at radius 3 is 2.53 bits per heavy atom. The van der Waals surface area contributed by atoms with Crippen LogP contribution in [-0.2, 0) is 4.79 Å². The summed E-state index contributed by atoms with van der Waals surface area (Å²) in [7, 11) is 0. The van der Waals surface area contributed by atoms with E-state index in [2.05, 4.69) is 17.6 Å². The first-order chi connectivity index (χ1) is 7.97. The molecule has 0 radical (unpaired) electrons. The zero-order chi connectivity index (χ0) is 12.9. The smallest absolute Gasteiger partial charge is 0.239 e. The Morgan fingerprint density at radius 2 is 1.94 bits per heavy atom. The van der Waals surface area contributed by atoms with Gasteiger partial charge in [-0.3, -0.25) is 4.79 Å². The van der Waals surface area contributed by atoms with E-state index in [0.29, 0.717) is 5.92 Å². The molecule has 0 aromatic heterocycles. The second-order valence-corrected chi connectivity index (χ2v) is 5.89. The van der Waals surface area contributed by atoms with Gasteiger partial charge in [-0.05, 0) is 38.6 Å². The third-order valence-corrected chi connectivity index (χ3v) is 4.00. The second-order valence-electron chi connectivity index (χ2n) is 5.89. The lowest BCUT2D eigenvalue weighted by Crippen LogP contribution is -2.53. The molecule has 0 heterocycles. The normalized spacial score (nSPS) is 25.6. The van der Waals surface area contributed by atoms with E-state index in [-0.39, 0.29) is 5.91 Å². The quantitative estimate of drug-likeness (QED) is 0.774. The van der Waals surface area contributed by atoms with Gasteiger partial charge in [-0.25, -0.2) is 0 Å². The van der Waals surface area contributed by atoms with E-state index in [1.54, 1.807) is 0 Å². The van der Waals surface area contributed by atoms with Gasteiger partial charge in [0.15, 0.2) is 0 Å². The highest BCUT2D eigenvalue weighted by atomic mass is 16.2. The van der Waals surface area contributed by atoms with E-state index in [1.165, 1.54) is 25.7 Å². The SMILES string of the molecule is CCNC(C)(C)C(=O)NCC1CCCCC1C. The predicted molar refractivity (Wildman–Crippen MR) is 71.9 cm³/mol. The molecule has 3 nitrogen and oxygen atoms in total. The molecule has 0 saturated heterocycles. The molecule has 0 bridgehead atoms. The van der Waals surface area contributed by atoms with Gasteiger partial charge in [0.1, 0.15) is 0 Å². The van der Waals surface area contributed by atoms with Crippen LogP contribution in [0.25, 0.3) is 0 Å². The molecule has 3 heteroatoms. The highest BCUT2D eigenvalue weighted by Gasteiger charge is 2.28. The highest BCUT2D eigenvalue weighted by Crippen LogP contribution is 2.28. The lowest BCUT2D eigenvalue weighted by atomic mass is 9.80. The van der Waals surface area contributed by atoms with Gasteiger partial charge >= 0.3 is 0 Å². The van der Waals surface area contributed by atoms with Crippen LogP contribution in [0.15, 0.2) is 0 Å². The fraction of sp³-hybridized carbons (Fsp3) is 0.929. The van der Waals surface area contributed by atoms with Gasteiger partial charge < -0.3 is 10.6 Å². The van der Waals surface area contributed by atoms with E-state index in [4.69, 9.17) is 0 Å². The van der Waals surface area contributed by atoms with Crippen molar-refractivity contribution in [3.63, 3.8) is 0 Å². The number of amides is 1. The monoisotopic (exact) mass is 240 g/mol. The van der Waals surface area contributed by atoms with Crippen LogP contribution in [-0.4, -0.2) is 24.5 Å². The van der Waals surface area contributed by atoms with Crippen LogP contribution >= 0.6 is 0 Å². The van der Waals surface area contributed by atoms with Crippen molar-refractivity contribution in [3.05, 3.63) is 0 Å². The Labute approximate surface area is 106 Å². The van der Waals surface area contributed by atoms with E-state index in [9.17, 15) is 4.79 Å². The van der Waals surface area contributed by atoms with Crippen molar-refractivity contribution in [3.8, 4) is 0 Å². The summed E-state index contributed by atoms with van der Waals surface area (Å²) in [6, 6.07) is 0. The number of likely N-dealkylation sites (N-methyl/N-ethyl adjacent to an activating group) is 1. The summed E-state index contributed by atoms with van der Waals surface area (Å²) in [6.45, 7) is 9.88. The molecule has 1 amide bonds. The zero-order valence-electron chi connectivity index (χ0n) is 11.8. The van der Waals surface area contributed by atoms with Crippen molar-refractivity contribution in [2.24, 2.45) is 11.8 Å². The maximum Gasteiger partial charge on any atom is 0.239 e. The van der Waals surface area contributed by atoms with Crippen LogP contribution in [0.2, 0.25) is 0 Å². The molecule has 2 unspecified atom stereocenters. The summed E-state index contributed by atoms with van der Waals surface area (Å²) in [5.74, 6) is 1.55. The number of hydrogen-bond acceptors (Lipinski definition) is 2. The summed E-state index contributed by atoms with van der Waals surface area (Å²) in [4.78, 5) is 12.0. The summed E-state index contributed by atoms with van der Waals surface area (Å²) in [6.07, 6.45) is 5.26. The van der Waals surface area contributed by atoms with E-state index < -0.39 is 5.54 Å². The molecular formula is C14H28N2O. The van der Waals surface area contributed by atoms with Gasteiger partial charge in [-0.15, -0.1) is 0 Å². The molecule has 2 atom stereocenters. The fourth-order valence-electron chi connectivity index (χ4n) is 2.66. The van der Waals surface area contributed by atoms with Gasteiger partial charge in [0.25, 0.3) is 0 Å². The molecule has 0 aromatic carbocycles. The largest absolute Gasteiger partial charge is 0.354 e. The number of rotatable bonds is 5. The van der Waals surface area contributed by atoms with Crippen LogP contribution in [0, 0.1) is 11.8 Å². The minimum absolute atomic E-state index is 0.122. The Kier molecular flexibility index (Phi) is 5.44. The second kappa shape index (κ2) is 6.39. The first kappa shape index (κ1) is 14.5. The Hall–Kier alpha value is -0.570. The molecule has 2 N–H and O–H groups in total. The number of carbonyl (C=O) groups excluding carboxylic acids is 1. The van der Waals surface area contributed by atoms with Gasteiger partial charge in [-0.1, -0.05) is 33.1 Å². The molecule has 17 heavy (non-hydrogen) atoms. The Morgan fingerprint density at radius 1 is 1.29 bits per heavy atom. The van der Waals surface area contributed by atoms with E-state index in [1.807, 2.05) is 20.8 Å². The summed E-state index contributed by atoms with van der Waals surface area (Å²) in [5.41, 5.74) is -0.452. The molecule has 1 saturated carbocycles. The van der Waals surface area contributed by atoms with Crippen molar-refractivity contribution in [2.75, 3.05) is 13.1 Å². The first-order valence-corrected chi connectivity index (χ1v) is 7.00. The minimum atomic E-state index is -0.452. The van der Waals surface area contributed by atoms with Crippen molar-refractivity contribution in [1.82, 2.24) is 10.6 Å². The summed E-state index contributed by atoms with van der Waals surface area (Å²) >= 11 is 0. The van der Waals surface area contributed by atoms with Crippen LogP contribution in [0.5, 0.6) is 0 Å². The van der Waals surface area contributed by atoms with Crippen LogP contribution in [0.4, 0.5) is 0 Å².